The molecule has 2 N–H and O–H groups in total. The van der Waals surface area contributed by atoms with Crippen molar-refractivity contribution in [3.63, 3.8) is 0 Å². The van der Waals surface area contributed by atoms with E-state index in [4.69, 9.17) is 0 Å². The van der Waals surface area contributed by atoms with Crippen LogP contribution in [0.4, 0.5) is 0 Å². The highest BCUT2D eigenvalue weighted by Gasteiger charge is 2.13. The zero-order valence-corrected chi connectivity index (χ0v) is 10.5. The second-order valence-electron chi connectivity index (χ2n) is 4.36. The number of hydrogen-bond acceptors (Lipinski definition) is 2. The van der Waals surface area contributed by atoms with Crippen molar-refractivity contribution in [3.8, 4) is 0 Å². The molecule has 1 aromatic heterocycles. The number of fused-ring (bicyclic) bond motifs is 1. The molecule has 1 unspecified atom stereocenters. The van der Waals surface area contributed by atoms with Gasteiger partial charge in [0.05, 0.1) is 0 Å². The first-order chi connectivity index (χ1) is 8.63. The lowest BCUT2D eigenvalue weighted by molar-refractivity contribution is 0.0938. The van der Waals surface area contributed by atoms with Gasteiger partial charge in [-0.15, -0.1) is 0 Å². The second kappa shape index (κ2) is 5.04. The molecule has 4 heteroatoms. The predicted octanol–water partition coefficient (Wildman–Crippen LogP) is 2.06. The van der Waals surface area contributed by atoms with Crippen LogP contribution in [-0.4, -0.2) is 16.9 Å². The SMILES string of the molecule is CCC(C)NC(=O)c1c[nH]c2ccccc2c1=O. The van der Waals surface area contributed by atoms with E-state index in [0.29, 0.717) is 5.39 Å². The minimum atomic E-state index is -0.323. The van der Waals surface area contributed by atoms with Crippen molar-refractivity contribution >= 4 is 16.8 Å². The van der Waals surface area contributed by atoms with Crippen LogP contribution in [0.15, 0.2) is 35.3 Å². The lowest BCUT2D eigenvalue weighted by Gasteiger charge is -2.11. The number of carbonyl (C=O) groups is 1. The Morgan fingerprint density at radius 2 is 2.11 bits per heavy atom. The Bertz CT molecular complexity index is 631. The molecule has 18 heavy (non-hydrogen) atoms. The van der Waals surface area contributed by atoms with E-state index >= 15 is 0 Å². The van der Waals surface area contributed by atoms with E-state index in [0.717, 1.165) is 11.9 Å². The zero-order valence-electron chi connectivity index (χ0n) is 10.5. The van der Waals surface area contributed by atoms with Gasteiger partial charge in [0.1, 0.15) is 5.56 Å². The molecule has 0 spiro atoms. The summed E-state index contributed by atoms with van der Waals surface area (Å²) in [6, 6.07) is 7.22. The maximum absolute atomic E-state index is 12.2. The van der Waals surface area contributed by atoms with Gasteiger partial charge in [0.15, 0.2) is 0 Å². The average Bonchev–Trinajstić information content (AvgIpc) is 2.39. The normalized spacial score (nSPS) is 12.3. The molecule has 4 nitrogen and oxygen atoms in total. The number of rotatable bonds is 3. The highest BCUT2D eigenvalue weighted by atomic mass is 16.2. The quantitative estimate of drug-likeness (QED) is 0.868. The summed E-state index contributed by atoms with van der Waals surface area (Å²) in [7, 11) is 0. The van der Waals surface area contributed by atoms with E-state index in [1.165, 1.54) is 6.20 Å². The molecule has 0 aliphatic carbocycles. The van der Waals surface area contributed by atoms with Crippen LogP contribution >= 0.6 is 0 Å². The Balaban J connectivity index is 2.43. The van der Waals surface area contributed by atoms with Gasteiger partial charge in [-0.1, -0.05) is 19.1 Å². The van der Waals surface area contributed by atoms with Gasteiger partial charge in [-0.05, 0) is 25.5 Å². The van der Waals surface area contributed by atoms with Crippen LogP contribution in [0.25, 0.3) is 10.9 Å². The van der Waals surface area contributed by atoms with Crippen LogP contribution in [0.1, 0.15) is 30.6 Å². The molecule has 0 radical (unpaired) electrons. The number of amides is 1. The Morgan fingerprint density at radius 1 is 1.39 bits per heavy atom. The van der Waals surface area contributed by atoms with Crippen molar-refractivity contribution in [2.75, 3.05) is 0 Å². The molecule has 1 heterocycles. The Morgan fingerprint density at radius 3 is 2.83 bits per heavy atom. The van der Waals surface area contributed by atoms with Gasteiger partial charge in [-0.2, -0.15) is 0 Å². The van der Waals surface area contributed by atoms with E-state index in [1.54, 1.807) is 12.1 Å². The first-order valence-electron chi connectivity index (χ1n) is 6.04. The number of H-pyrrole nitrogens is 1. The van der Waals surface area contributed by atoms with Crippen LogP contribution in [0.5, 0.6) is 0 Å². The first kappa shape index (κ1) is 12.4. The van der Waals surface area contributed by atoms with Gasteiger partial charge in [0.25, 0.3) is 5.91 Å². The molecule has 1 aromatic carbocycles. The molecule has 2 aromatic rings. The molecule has 0 bridgehead atoms. The highest BCUT2D eigenvalue weighted by molar-refractivity contribution is 5.97. The summed E-state index contributed by atoms with van der Waals surface area (Å²) in [5.74, 6) is -0.323. The molecule has 94 valence electrons. The monoisotopic (exact) mass is 244 g/mol. The smallest absolute Gasteiger partial charge is 0.256 e. The molecule has 0 fully saturated rings. The number of aromatic amines is 1. The van der Waals surface area contributed by atoms with E-state index in [9.17, 15) is 9.59 Å². The van der Waals surface area contributed by atoms with Crippen LogP contribution in [0.2, 0.25) is 0 Å². The first-order valence-corrected chi connectivity index (χ1v) is 6.04. The third-order valence-corrected chi connectivity index (χ3v) is 3.02. The summed E-state index contributed by atoms with van der Waals surface area (Å²) in [4.78, 5) is 27.1. The summed E-state index contributed by atoms with van der Waals surface area (Å²) < 4.78 is 0. The Kier molecular flexibility index (Phi) is 3.46. The lowest BCUT2D eigenvalue weighted by atomic mass is 10.1. The molecule has 1 amide bonds. The molecule has 0 aliphatic heterocycles. The average molecular weight is 244 g/mol. The Labute approximate surface area is 105 Å². The van der Waals surface area contributed by atoms with Gasteiger partial charge >= 0.3 is 0 Å². The number of para-hydroxylation sites is 1. The molecule has 0 aliphatic rings. The van der Waals surface area contributed by atoms with Crippen molar-refractivity contribution in [2.24, 2.45) is 0 Å². The molecular formula is C14H16N2O2. The van der Waals surface area contributed by atoms with E-state index in [1.807, 2.05) is 26.0 Å². The topological polar surface area (TPSA) is 62.0 Å². The van der Waals surface area contributed by atoms with Gasteiger partial charge in [-0.25, -0.2) is 0 Å². The maximum Gasteiger partial charge on any atom is 0.256 e. The number of carbonyl (C=O) groups excluding carboxylic acids is 1. The van der Waals surface area contributed by atoms with Crippen molar-refractivity contribution in [2.45, 2.75) is 26.3 Å². The van der Waals surface area contributed by atoms with Gasteiger partial charge in [0.2, 0.25) is 5.43 Å². The lowest BCUT2D eigenvalue weighted by Crippen LogP contribution is -2.35. The molecular weight excluding hydrogens is 228 g/mol. The van der Waals surface area contributed by atoms with Crippen LogP contribution in [0, 0.1) is 0 Å². The van der Waals surface area contributed by atoms with Crippen LogP contribution in [-0.2, 0) is 0 Å². The number of aromatic nitrogens is 1. The fraction of sp³-hybridized carbons (Fsp3) is 0.286. The summed E-state index contributed by atoms with van der Waals surface area (Å²) in [5, 5.41) is 3.33. The molecule has 2 rings (SSSR count). The summed E-state index contributed by atoms with van der Waals surface area (Å²) >= 11 is 0. The summed E-state index contributed by atoms with van der Waals surface area (Å²) in [5.41, 5.74) is 0.668. The minimum absolute atomic E-state index is 0.0587. The fourth-order valence-corrected chi connectivity index (χ4v) is 1.74. The molecule has 0 saturated heterocycles. The highest BCUT2D eigenvalue weighted by Crippen LogP contribution is 2.07. The standard InChI is InChI=1S/C14H16N2O2/c1-3-9(2)16-14(18)11-8-15-12-7-5-4-6-10(12)13(11)17/h4-9H,3H2,1-2H3,(H,15,17)(H,16,18). The molecule has 0 saturated carbocycles. The predicted molar refractivity (Wildman–Crippen MR) is 71.8 cm³/mol. The van der Waals surface area contributed by atoms with E-state index in [-0.39, 0.29) is 22.9 Å². The number of benzene rings is 1. The maximum atomic E-state index is 12.2. The van der Waals surface area contributed by atoms with Gasteiger partial charge < -0.3 is 10.3 Å². The van der Waals surface area contributed by atoms with Crippen LogP contribution < -0.4 is 10.7 Å². The fourth-order valence-electron chi connectivity index (χ4n) is 1.74. The third kappa shape index (κ3) is 2.27. The second-order valence-corrected chi connectivity index (χ2v) is 4.36. The summed E-state index contributed by atoms with van der Waals surface area (Å²) in [6.45, 7) is 3.89. The van der Waals surface area contributed by atoms with E-state index < -0.39 is 0 Å². The largest absolute Gasteiger partial charge is 0.360 e. The number of hydrogen-bond donors (Lipinski definition) is 2. The van der Waals surface area contributed by atoms with E-state index in [2.05, 4.69) is 10.3 Å². The number of nitrogens with one attached hydrogen (secondary N) is 2. The third-order valence-electron chi connectivity index (χ3n) is 3.02. The Hall–Kier alpha value is -2.10. The molecule has 1 atom stereocenters. The zero-order chi connectivity index (χ0) is 13.1. The van der Waals surface area contributed by atoms with Crippen molar-refractivity contribution < 1.29 is 4.79 Å². The van der Waals surface area contributed by atoms with Gasteiger partial charge in [-0.3, -0.25) is 9.59 Å². The van der Waals surface area contributed by atoms with Crippen molar-refractivity contribution in [1.29, 1.82) is 0 Å². The van der Waals surface area contributed by atoms with Crippen molar-refractivity contribution in [3.05, 3.63) is 46.2 Å². The minimum Gasteiger partial charge on any atom is -0.360 e. The number of pyridine rings is 1. The summed E-state index contributed by atoms with van der Waals surface area (Å²) in [6.07, 6.45) is 2.31. The van der Waals surface area contributed by atoms with Crippen molar-refractivity contribution in [1.82, 2.24) is 10.3 Å². The van der Waals surface area contributed by atoms with Crippen LogP contribution in [0.3, 0.4) is 0 Å². The van der Waals surface area contributed by atoms with Gasteiger partial charge in [0, 0.05) is 23.1 Å².